The summed E-state index contributed by atoms with van der Waals surface area (Å²) < 4.78 is 2.16. The molecule has 0 spiro atoms. The van der Waals surface area contributed by atoms with Crippen LogP contribution in [0.15, 0.2) is 23.0 Å². The molecule has 3 rings (SSSR count). The Hall–Kier alpha value is -1.95. The largest absolute Gasteiger partial charge is 0.352 e. The summed E-state index contributed by atoms with van der Waals surface area (Å²) in [6.45, 7) is 2.74. The molecule has 2 aromatic rings. The van der Waals surface area contributed by atoms with Crippen molar-refractivity contribution in [1.29, 1.82) is 0 Å². The number of benzene rings is 1. The van der Waals surface area contributed by atoms with Gasteiger partial charge in [0.25, 0.3) is 11.5 Å². The number of carbonyl (C=O) groups excluding carboxylic acids is 1. The van der Waals surface area contributed by atoms with E-state index < -0.39 is 0 Å². The van der Waals surface area contributed by atoms with Crippen LogP contribution in [0.1, 0.15) is 61.8 Å². The number of fused-ring (bicyclic) bond motifs is 1. The molecule has 1 aliphatic carbocycles. The van der Waals surface area contributed by atoms with Crippen molar-refractivity contribution in [3.63, 3.8) is 0 Å². The lowest BCUT2D eigenvalue weighted by Crippen LogP contribution is -2.26. The fourth-order valence-electron chi connectivity index (χ4n) is 3.35. The first-order valence-corrected chi connectivity index (χ1v) is 9.09. The van der Waals surface area contributed by atoms with Gasteiger partial charge < -0.3 is 10.3 Å². The molecule has 2 N–H and O–H groups in total. The number of carbonyl (C=O) groups is 1. The van der Waals surface area contributed by atoms with Crippen molar-refractivity contribution in [3.8, 4) is 0 Å². The Morgan fingerprint density at radius 3 is 2.83 bits per heavy atom. The van der Waals surface area contributed by atoms with Crippen LogP contribution in [0.4, 0.5) is 0 Å². The maximum absolute atomic E-state index is 12.8. The van der Waals surface area contributed by atoms with Crippen LogP contribution >= 0.6 is 12.2 Å². The molecule has 1 fully saturated rings. The normalized spacial score (nSPS) is 15.0. The molecule has 5 nitrogen and oxygen atoms in total. The van der Waals surface area contributed by atoms with Gasteiger partial charge in [0.2, 0.25) is 0 Å². The number of nitrogens with zero attached hydrogens (tertiary/aromatic N) is 1. The van der Waals surface area contributed by atoms with E-state index in [-0.39, 0.29) is 17.5 Å². The van der Waals surface area contributed by atoms with Gasteiger partial charge in [0.15, 0.2) is 4.77 Å². The smallest absolute Gasteiger partial charge is 0.262 e. The van der Waals surface area contributed by atoms with Crippen molar-refractivity contribution in [2.45, 2.75) is 51.5 Å². The Bertz CT molecular complexity index is 863. The topological polar surface area (TPSA) is 66.9 Å². The number of hydrogen-bond acceptors (Lipinski definition) is 3. The summed E-state index contributed by atoms with van der Waals surface area (Å²) in [4.78, 5) is 28.1. The molecule has 0 bridgehead atoms. The number of hydrogen-bond donors (Lipinski definition) is 2. The summed E-state index contributed by atoms with van der Waals surface area (Å²) >= 11 is 5.41. The van der Waals surface area contributed by atoms with Crippen LogP contribution in [-0.2, 0) is 0 Å². The minimum atomic E-state index is -0.121. The van der Waals surface area contributed by atoms with E-state index in [2.05, 4.69) is 17.2 Å². The van der Waals surface area contributed by atoms with Crippen LogP contribution < -0.4 is 10.9 Å². The highest BCUT2D eigenvalue weighted by Crippen LogP contribution is 2.28. The van der Waals surface area contributed by atoms with Crippen molar-refractivity contribution in [2.75, 3.05) is 6.54 Å². The number of aromatic amines is 1. The van der Waals surface area contributed by atoms with Crippen molar-refractivity contribution < 1.29 is 4.79 Å². The van der Waals surface area contributed by atoms with Crippen molar-refractivity contribution in [1.82, 2.24) is 14.9 Å². The van der Waals surface area contributed by atoms with Crippen molar-refractivity contribution in [3.05, 3.63) is 38.9 Å². The third-order valence-corrected chi connectivity index (χ3v) is 5.00. The van der Waals surface area contributed by atoms with Crippen LogP contribution in [0, 0.1) is 4.77 Å². The van der Waals surface area contributed by atoms with E-state index in [0.29, 0.717) is 27.8 Å². The first-order chi connectivity index (χ1) is 11.6. The van der Waals surface area contributed by atoms with E-state index in [1.54, 1.807) is 22.8 Å². The maximum Gasteiger partial charge on any atom is 0.262 e. The van der Waals surface area contributed by atoms with Crippen LogP contribution in [-0.4, -0.2) is 22.0 Å². The SMILES string of the molecule is CCCCNC(=O)c1ccc2c(=O)n(C3CCCC3)c(=S)[nH]c2c1. The van der Waals surface area contributed by atoms with E-state index in [1.807, 2.05) is 0 Å². The van der Waals surface area contributed by atoms with Gasteiger partial charge >= 0.3 is 0 Å². The summed E-state index contributed by atoms with van der Waals surface area (Å²) in [6, 6.07) is 5.35. The maximum atomic E-state index is 12.8. The van der Waals surface area contributed by atoms with Gasteiger partial charge in [0, 0.05) is 18.2 Å². The Labute approximate surface area is 146 Å². The average Bonchev–Trinajstić information content (AvgIpc) is 3.08. The second kappa shape index (κ2) is 7.30. The fourth-order valence-corrected chi connectivity index (χ4v) is 3.69. The molecular formula is C18H23N3O2S. The Morgan fingerprint density at radius 1 is 1.38 bits per heavy atom. The number of nitrogens with one attached hydrogen (secondary N) is 2. The van der Waals surface area contributed by atoms with Crippen molar-refractivity contribution in [2.24, 2.45) is 0 Å². The Kier molecular flexibility index (Phi) is 5.14. The summed E-state index contributed by atoms with van der Waals surface area (Å²) in [5.41, 5.74) is 1.11. The summed E-state index contributed by atoms with van der Waals surface area (Å²) in [5, 5.41) is 3.47. The minimum absolute atomic E-state index is 0.0569. The molecule has 0 aliphatic heterocycles. The predicted molar refractivity (Wildman–Crippen MR) is 98.1 cm³/mol. The molecule has 1 amide bonds. The molecular weight excluding hydrogens is 322 g/mol. The van der Waals surface area contributed by atoms with Crippen LogP contribution in [0.2, 0.25) is 0 Å². The first kappa shape index (κ1) is 16.9. The molecule has 0 saturated heterocycles. The lowest BCUT2D eigenvalue weighted by Gasteiger charge is -2.14. The van der Waals surface area contributed by atoms with Gasteiger partial charge in [-0.25, -0.2) is 0 Å². The molecule has 128 valence electrons. The molecule has 1 heterocycles. The van der Waals surface area contributed by atoms with E-state index in [9.17, 15) is 9.59 Å². The van der Waals surface area contributed by atoms with Crippen molar-refractivity contribution >= 4 is 29.0 Å². The zero-order valence-corrected chi connectivity index (χ0v) is 14.7. The zero-order chi connectivity index (χ0) is 17.1. The van der Waals surface area contributed by atoms with E-state index in [4.69, 9.17) is 12.2 Å². The van der Waals surface area contributed by atoms with Gasteiger partial charge in [-0.05, 0) is 49.7 Å². The van der Waals surface area contributed by atoms with Gasteiger partial charge in [0.1, 0.15) is 0 Å². The molecule has 1 saturated carbocycles. The van der Waals surface area contributed by atoms with Gasteiger partial charge in [0.05, 0.1) is 10.9 Å². The predicted octanol–water partition coefficient (Wildman–Crippen LogP) is 3.70. The van der Waals surface area contributed by atoms with Gasteiger partial charge in [-0.1, -0.05) is 26.2 Å². The third kappa shape index (κ3) is 3.29. The van der Waals surface area contributed by atoms with Crippen LogP contribution in [0.25, 0.3) is 10.9 Å². The second-order valence-corrected chi connectivity index (χ2v) is 6.80. The van der Waals surface area contributed by atoms with E-state index in [0.717, 1.165) is 38.5 Å². The Balaban J connectivity index is 1.96. The van der Waals surface area contributed by atoms with Gasteiger partial charge in [-0.2, -0.15) is 0 Å². The molecule has 1 aromatic carbocycles. The summed E-state index contributed by atoms with van der Waals surface area (Å²) in [6.07, 6.45) is 6.27. The lowest BCUT2D eigenvalue weighted by atomic mass is 10.1. The highest BCUT2D eigenvalue weighted by molar-refractivity contribution is 7.71. The number of amides is 1. The number of H-pyrrole nitrogens is 1. The number of aromatic nitrogens is 2. The summed E-state index contributed by atoms with van der Waals surface area (Å²) in [7, 11) is 0. The number of rotatable bonds is 5. The zero-order valence-electron chi connectivity index (χ0n) is 13.9. The highest BCUT2D eigenvalue weighted by Gasteiger charge is 2.20. The van der Waals surface area contributed by atoms with Gasteiger partial charge in [-0.3, -0.25) is 14.2 Å². The fraction of sp³-hybridized carbons (Fsp3) is 0.500. The first-order valence-electron chi connectivity index (χ1n) is 8.68. The average molecular weight is 345 g/mol. The minimum Gasteiger partial charge on any atom is -0.352 e. The third-order valence-electron chi connectivity index (χ3n) is 4.70. The van der Waals surface area contributed by atoms with E-state index >= 15 is 0 Å². The second-order valence-electron chi connectivity index (χ2n) is 6.41. The quantitative estimate of drug-likeness (QED) is 0.641. The molecule has 0 radical (unpaired) electrons. The molecule has 0 atom stereocenters. The molecule has 1 aliphatic rings. The van der Waals surface area contributed by atoms with E-state index in [1.165, 1.54) is 0 Å². The molecule has 1 aromatic heterocycles. The molecule has 24 heavy (non-hydrogen) atoms. The number of unbranched alkanes of at least 4 members (excludes halogenated alkanes) is 1. The highest BCUT2D eigenvalue weighted by atomic mass is 32.1. The van der Waals surface area contributed by atoms with Crippen LogP contribution in [0.3, 0.4) is 0 Å². The van der Waals surface area contributed by atoms with Crippen LogP contribution in [0.5, 0.6) is 0 Å². The molecule has 6 heteroatoms. The summed E-state index contributed by atoms with van der Waals surface area (Å²) in [5.74, 6) is -0.121. The lowest BCUT2D eigenvalue weighted by molar-refractivity contribution is 0.0953. The van der Waals surface area contributed by atoms with Gasteiger partial charge in [-0.15, -0.1) is 0 Å². The standard InChI is InChI=1S/C18H23N3O2S/c1-2-3-10-19-16(22)12-8-9-14-15(11-12)20-18(24)21(17(14)23)13-6-4-5-7-13/h8-9,11,13H,2-7,10H2,1H3,(H,19,22)(H,20,24). The molecule has 0 unspecified atom stereocenters. The Morgan fingerprint density at radius 2 is 2.12 bits per heavy atom. The monoisotopic (exact) mass is 345 g/mol.